The average molecular weight is 407 g/mol. The summed E-state index contributed by atoms with van der Waals surface area (Å²) >= 11 is 12.0. The molecule has 0 saturated carbocycles. The molecule has 0 spiro atoms. The zero-order chi connectivity index (χ0) is 19.4. The van der Waals surface area contributed by atoms with Gasteiger partial charge in [-0.2, -0.15) is 0 Å². The van der Waals surface area contributed by atoms with Gasteiger partial charge < -0.3 is 14.5 Å². The van der Waals surface area contributed by atoms with Crippen LogP contribution in [0.5, 0.6) is 5.75 Å². The van der Waals surface area contributed by atoms with Crippen molar-refractivity contribution >= 4 is 35.0 Å². The van der Waals surface area contributed by atoms with E-state index in [-0.39, 0.29) is 11.8 Å². The Bertz CT molecular complexity index is 837. The number of amides is 2. The van der Waals surface area contributed by atoms with Crippen molar-refractivity contribution in [2.24, 2.45) is 0 Å². The van der Waals surface area contributed by atoms with Crippen LogP contribution in [0.15, 0.2) is 42.5 Å². The van der Waals surface area contributed by atoms with Gasteiger partial charge in [-0.05, 0) is 36.8 Å². The summed E-state index contributed by atoms with van der Waals surface area (Å²) in [5.41, 5.74) is 0.985. The molecule has 0 bridgehead atoms. The van der Waals surface area contributed by atoms with Crippen molar-refractivity contribution in [3.05, 3.63) is 63.6 Å². The van der Waals surface area contributed by atoms with Gasteiger partial charge in [0, 0.05) is 41.8 Å². The first-order valence-corrected chi connectivity index (χ1v) is 9.43. The number of hydrogen-bond donors (Lipinski definition) is 0. The van der Waals surface area contributed by atoms with Gasteiger partial charge in [0.2, 0.25) is 0 Å². The molecule has 2 aromatic carbocycles. The van der Waals surface area contributed by atoms with Crippen molar-refractivity contribution in [1.82, 2.24) is 9.80 Å². The van der Waals surface area contributed by atoms with E-state index in [4.69, 9.17) is 27.9 Å². The predicted octanol–water partition coefficient (Wildman–Crippen LogP) is 3.99. The van der Waals surface area contributed by atoms with Crippen molar-refractivity contribution in [2.45, 2.75) is 6.42 Å². The highest BCUT2D eigenvalue weighted by Crippen LogP contribution is 2.22. The second kappa shape index (κ2) is 8.63. The number of halogens is 2. The Morgan fingerprint density at radius 3 is 2.11 bits per heavy atom. The minimum Gasteiger partial charge on any atom is -0.496 e. The molecule has 1 saturated heterocycles. The van der Waals surface area contributed by atoms with Crippen LogP contribution in [0.4, 0.5) is 0 Å². The zero-order valence-electron chi connectivity index (χ0n) is 15.0. The molecule has 142 valence electrons. The lowest BCUT2D eigenvalue weighted by molar-refractivity contribution is 0.0717. The highest BCUT2D eigenvalue weighted by atomic mass is 35.5. The van der Waals surface area contributed by atoms with Crippen LogP contribution < -0.4 is 4.74 Å². The highest BCUT2D eigenvalue weighted by Gasteiger charge is 2.25. The van der Waals surface area contributed by atoms with E-state index in [1.807, 2.05) is 12.1 Å². The van der Waals surface area contributed by atoms with Crippen molar-refractivity contribution in [3.63, 3.8) is 0 Å². The van der Waals surface area contributed by atoms with E-state index in [2.05, 4.69) is 0 Å². The Morgan fingerprint density at radius 2 is 1.48 bits per heavy atom. The standard InChI is InChI=1S/C20H20Cl2N2O3/c1-27-18-6-3-2-5-17(18)20(26)24-8-4-7-23(9-10-24)19(25)14-11-15(21)13-16(22)12-14/h2-3,5-6,11-13H,4,7-10H2,1H3. The molecule has 1 aliphatic rings. The minimum absolute atomic E-state index is 0.0902. The zero-order valence-corrected chi connectivity index (χ0v) is 16.5. The number of benzene rings is 2. The topological polar surface area (TPSA) is 49.9 Å². The largest absolute Gasteiger partial charge is 0.496 e. The quantitative estimate of drug-likeness (QED) is 0.773. The van der Waals surface area contributed by atoms with E-state index in [1.165, 1.54) is 0 Å². The van der Waals surface area contributed by atoms with E-state index in [0.29, 0.717) is 59.5 Å². The lowest BCUT2D eigenvalue weighted by Crippen LogP contribution is -2.37. The smallest absolute Gasteiger partial charge is 0.257 e. The Morgan fingerprint density at radius 1 is 0.889 bits per heavy atom. The number of ether oxygens (including phenoxy) is 1. The van der Waals surface area contributed by atoms with Crippen LogP contribution in [-0.4, -0.2) is 54.9 Å². The second-order valence-electron chi connectivity index (χ2n) is 6.30. The maximum Gasteiger partial charge on any atom is 0.257 e. The lowest BCUT2D eigenvalue weighted by atomic mass is 10.1. The van der Waals surface area contributed by atoms with Crippen LogP contribution in [0.25, 0.3) is 0 Å². The maximum atomic E-state index is 12.9. The molecule has 1 fully saturated rings. The summed E-state index contributed by atoms with van der Waals surface area (Å²) in [5, 5.41) is 0.849. The van der Waals surface area contributed by atoms with Gasteiger partial charge in [0.1, 0.15) is 5.75 Å². The minimum atomic E-state index is -0.133. The van der Waals surface area contributed by atoms with Crippen LogP contribution in [-0.2, 0) is 0 Å². The first kappa shape index (κ1) is 19.5. The number of nitrogens with zero attached hydrogens (tertiary/aromatic N) is 2. The van der Waals surface area contributed by atoms with Crippen LogP contribution in [0.2, 0.25) is 10.0 Å². The number of hydrogen-bond acceptors (Lipinski definition) is 3. The van der Waals surface area contributed by atoms with Crippen LogP contribution in [0.3, 0.4) is 0 Å². The Labute approximate surface area is 168 Å². The van der Waals surface area contributed by atoms with Crippen LogP contribution in [0.1, 0.15) is 27.1 Å². The van der Waals surface area contributed by atoms with Gasteiger partial charge >= 0.3 is 0 Å². The Hall–Kier alpha value is -2.24. The van der Waals surface area contributed by atoms with Gasteiger partial charge in [0.25, 0.3) is 11.8 Å². The Kier molecular flexibility index (Phi) is 6.24. The molecule has 1 aliphatic heterocycles. The third-order valence-electron chi connectivity index (χ3n) is 4.52. The molecule has 27 heavy (non-hydrogen) atoms. The van der Waals surface area contributed by atoms with Crippen molar-refractivity contribution in [3.8, 4) is 5.75 Å². The molecule has 2 amide bonds. The number of carbonyl (C=O) groups excluding carboxylic acids is 2. The fourth-order valence-electron chi connectivity index (χ4n) is 3.18. The second-order valence-corrected chi connectivity index (χ2v) is 7.17. The molecule has 0 radical (unpaired) electrons. The van der Waals surface area contributed by atoms with Gasteiger partial charge in [-0.3, -0.25) is 9.59 Å². The molecule has 0 atom stereocenters. The van der Waals surface area contributed by atoms with Gasteiger partial charge in [0.15, 0.2) is 0 Å². The molecule has 1 heterocycles. The molecule has 0 aliphatic carbocycles. The number of carbonyl (C=O) groups is 2. The normalized spacial score (nSPS) is 14.6. The SMILES string of the molecule is COc1ccccc1C(=O)N1CCCN(C(=O)c2cc(Cl)cc(Cl)c2)CC1. The number of methoxy groups -OCH3 is 1. The molecule has 0 aromatic heterocycles. The summed E-state index contributed by atoms with van der Waals surface area (Å²) in [6, 6.07) is 12.0. The summed E-state index contributed by atoms with van der Waals surface area (Å²) in [7, 11) is 1.55. The lowest BCUT2D eigenvalue weighted by Gasteiger charge is -2.23. The summed E-state index contributed by atoms with van der Waals surface area (Å²) in [6.07, 6.45) is 0.695. The maximum absolute atomic E-state index is 12.9. The van der Waals surface area contributed by atoms with Crippen molar-refractivity contribution < 1.29 is 14.3 Å². The third-order valence-corrected chi connectivity index (χ3v) is 4.95. The first-order valence-electron chi connectivity index (χ1n) is 8.67. The van der Waals surface area contributed by atoms with Gasteiger partial charge in [-0.25, -0.2) is 0 Å². The third kappa shape index (κ3) is 4.54. The van der Waals surface area contributed by atoms with Crippen LogP contribution in [0, 0.1) is 0 Å². The number of rotatable bonds is 3. The van der Waals surface area contributed by atoms with E-state index in [1.54, 1.807) is 47.2 Å². The molecule has 0 N–H and O–H groups in total. The highest BCUT2D eigenvalue weighted by molar-refractivity contribution is 6.35. The summed E-state index contributed by atoms with van der Waals surface area (Å²) in [6.45, 7) is 2.05. The van der Waals surface area contributed by atoms with E-state index >= 15 is 0 Å². The van der Waals surface area contributed by atoms with Gasteiger partial charge in [0.05, 0.1) is 12.7 Å². The predicted molar refractivity (Wildman–Crippen MR) is 106 cm³/mol. The van der Waals surface area contributed by atoms with Gasteiger partial charge in [-0.15, -0.1) is 0 Å². The molecular formula is C20H20Cl2N2O3. The summed E-state index contributed by atoms with van der Waals surface area (Å²) < 4.78 is 5.29. The van der Waals surface area contributed by atoms with Crippen molar-refractivity contribution in [1.29, 1.82) is 0 Å². The van der Waals surface area contributed by atoms with Crippen molar-refractivity contribution in [2.75, 3.05) is 33.3 Å². The number of para-hydroxylation sites is 1. The van der Waals surface area contributed by atoms with E-state index in [9.17, 15) is 9.59 Å². The van der Waals surface area contributed by atoms with Gasteiger partial charge in [-0.1, -0.05) is 35.3 Å². The van der Waals surface area contributed by atoms with E-state index < -0.39 is 0 Å². The molecule has 5 nitrogen and oxygen atoms in total. The first-order chi connectivity index (χ1) is 13.0. The molecular weight excluding hydrogens is 387 g/mol. The molecule has 3 rings (SSSR count). The van der Waals surface area contributed by atoms with E-state index in [0.717, 1.165) is 0 Å². The summed E-state index contributed by atoms with van der Waals surface area (Å²) in [5.74, 6) is 0.326. The molecule has 7 heteroatoms. The fourth-order valence-corrected chi connectivity index (χ4v) is 3.70. The average Bonchev–Trinajstić information content (AvgIpc) is 2.92. The summed E-state index contributed by atoms with van der Waals surface area (Å²) in [4.78, 5) is 29.2. The monoisotopic (exact) mass is 406 g/mol. The molecule has 2 aromatic rings. The Balaban J connectivity index is 1.71. The fraction of sp³-hybridized carbons (Fsp3) is 0.300. The van der Waals surface area contributed by atoms with Crippen LogP contribution >= 0.6 is 23.2 Å². The molecule has 0 unspecified atom stereocenters.